The molecule has 0 saturated heterocycles. The van der Waals surface area contributed by atoms with Crippen LogP contribution >= 0.6 is 11.6 Å². The summed E-state index contributed by atoms with van der Waals surface area (Å²) in [6.45, 7) is 0. The summed E-state index contributed by atoms with van der Waals surface area (Å²) in [5.41, 5.74) is 4.38. The first-order valence-electron chi connectivity index (χ1n) is 10.2. The maximum atomic E-state index is 11.8. The first kappa shape index (κ1) is 20.4. The van der Waals surface area contributed by atoms with Gasteiger partial charge >= 0.3 is 5.97 Å². The van der Waals surface area contributed by atoms with Crippen LogP contribution in [0, 0.1) is 0 Å². The third kappa shape index (κ3) is 3.56. The van der Waals surface area contributed by atoms with Crippen molar-refractivity contribution in [2.45, 2.75) is 18.7 Å². The summed E-state index contributed by atoms with van der Waals surface area (Å²) in [6.07, 6.45) is 0.288. The topological polar surface area (TPSA) is 60.4 Å². The van der Waals surface area contributed by atoms with E-state index in [9.17, 15) is 4.79 Å². The maximum absolute atomic E-state index is 11.8. The van der Waals surface area contributed by atoms with Crippen LogP contribution in [0.5, 0.6) is 11.5 Å². The molecule has 0 amide bonds. The van der Waals surface area contributed by atoms with Crippen molar-refractivity contribution in [2.24, 2.45) is 5.10 Å². The summed E-state index contributed by atoms with van der Waals surface area (Å²) in [5.74, 6) is 1.21. The van der Waals surface area contributed by atoms with Crippen molar-refractivity contribution in [2.75, 3.05) is 14.2 Å². The lowest BCUT2D eigenvalue weighted by molar-refractivity contribution is -0.0190. The second kappa shape index (κ2) is 8.20. The van der Waals surface area contributed by atoms with Gasteiger partial charge in [0, 0.05) is 22.6 Å². The SMILES string of the molecule is COC(=O)c1ccc([C@H]2Oc3ccc(Cl)cc3[C@H]3CC(c4ccc(OC)cc4)=NN32)cc1. The second-order valence-electron chi connectivity index (χ2n) is 7.64. The molecule has 3 aromatic rings. The number of nitrogens with zero attached hydrogens (tertiary/aromatic N) is 2. The summed E-state index contributed by atoms with van der Waals surface area (Å²) in [4.78, 5) is 11.8. The number of esters is 1. The van der Waals surface area contributed by atoms with Crippen molar-refractivity contribution in [1.82, 2.24) is 5.01 Å². The lowest BCUT2D eigenvalue weighted by atomic mass is 9.95. The number of carbonyl (C=O) groups excluding carboxylic acids is 1. The van der Waals surface area contributed by atoms with E-state index in [0.717, 1.165) is 40.3 Å². The predicted molar refractivity (Wildman–Crippen MR) is 121 cm³/mol. The van der Waals surface area contributed by atoms with Crippen molar-refractivity contribution >= 4 is 23.3 Å². The molecule has 0 spiro atoms. The van der Waals surface area contributed by atoms with E-state index < -0.39 is 6.23 Å². The van der Waals surface area contributed by atoms with Gasteiger partial charge in [0.15, 0.2) is 0 Å². The highest BCUT2D eigenvalue weighted by molar-refractivity contribution is 6.30. The molecule has 0 fully saturated rings. The number of hydrogen-bond acceptors (Lipinski definition) is 6. The highest BCUT2D eigenvalue weighted by atomic mass is 35.5. The van der Waals surface area contributed by atoms with Gasteiger partial charge in [0.2, 0.25) is 6.23 Å². The van der Waals surface area contributed by atoms with Gasteiger partial charge in [0.05, 0.1) is 31.5 Å². The number of ether oxygens (including phenoxy) is 3. The Labute approximate surface area is 191 Å². The minimum atomic E-state index is -0.434. The Morgan fingerprint density at radius 3 is 2.50 bits per heavy atom. The lowest BCUT2D eigenvalue weighted by Crippen LogP contribution is -2.33. The highest BCUT2D eigenvalue weighted by Crippen LogP contribution is 2.48. The largest absolute Gasteiger partial charge is 0.497 e. The molecule has 162 valence electrons. The zero-order chi connectivity index (χ0) is 22.2. The van der Waals surface area contributed by atoms with Gasteiger partial charge in [-0.05, 0) is 60.2 Å². The second-order valence-corrected chi connectivity index (χ2v) is 8.08. The van der Waals surface area contributed by atoms with Crippen LogP contribution in [0.25, 0.3) is 0 Å². The summed E-state index contributed by atoms with van der Waals surface area (Å²) < 4.78 is 16.4. The third-order valence-corrected chi connectivity index (χ3v) is 6.03. The first-order chi connectivity index (χ1) is 15.6. The predicted octanol–water partition coefficient (Wildman–Crippen LogP) is 5.38. The van der Waals surface area contributed by atoms with Gasteiger partial charge < -0.3 is 14.2 Å². The van der Waals surface area contributed by atoms with E-state index in [2.05, 4.69) is 0 Å². The fraction of sp³-hybridized carbons (Fsp3) is 0.200. The molecule has 2 aliphatic rings. The molecule has 0 unspecified atom stereocenters. The number of hydrogen-bond donors (Lipinski definition) is 0. The number of rotatable bonds is 4. The average molecular weight is 449 g/mol. The maximum Gasteiger partial charge on any atom is 0.337 e. The number of hydrazone groups is 1. The molecular formula is C25H21ClN2O4. The molecule has 6 nitrogen and oxygen atoms in total. The van der Waals surface area contributed by atoms with Crippen molar-refractivity contribution in [1.29, 1.82) is 0 Å². The smallest absolute Gasteiger partial charge is 0.337 e. The quantitative estimate of drug-likeness (QED) is 0.501. The van der Waals surface area contributed by atoms with Crippen LogP contribution in [0.2, 0.25) is 5.02 Å². The van der Waals surface area contributed by atoms with Crippen LogP contribution in [-0.4, -0.2) is 30.9 Å². The normalized spacial score (nSPS) is 18.8. The summed E-state index contributed by atoms with van der Waals surface area (Å²) in [7, 11) is 3.02. The minimum absolute atomic E-state index is 0.0140. The van der Waals surface area contributed by atoms with E-state index in [0.29, 0.717) is 10.6 Å². The fourth-order valence-corrected chi connectivity index (χ4v) is 4.32. The molecule has 0 aliphatic carbocycles. The molecule has 0 radical (unpaired) electrons. The molecule has 0 saturated carbocycles. The Morgan fingerprint density at radius 2 is 1.81 bits per heavy atom. The van der Waals surface area contributed by atoms with Crippen LogP contribution < -0.4 is 9.47 Å². The van der Waals surface area contributed by atoms with Gasteiger partial charge in [-0.3, -0.25) is 0 Å². The van der Waals surface area contributed by atoms with E-state index in [1.807, 2.05) is 59.6 Å². The van der Waals surface area contributed by atoms with Crippen LogP contribution in [0.3, 0.4) is 0 Å². The molecule has 2 aliphatic heterocycles. The number of carbonyl (C=O) groups is 1. The Bertz CT molecular complexity index is 1190. The Hall–Kier alpha value is -3.51. The molecular weight excluding hydrogens is 428 g/mol. The van der Waals surface area contributed by atoms with Crippen LogP contribution in [0.1, 0.15) is 45.7 Å². The number of halogens is 1. The number of methoxy groups -OCH3 is 2. The molecule has 7 heteroatoms. The third-order valence-electron chi connectivity index (χ3n) is 5.79. The summed E-state index contributed by atoms with van der Waals surface area (Å²) in [5, 5.41) is 7.58. The molecule has 0 bridgehead atoms. The molecule has 3 aromatic carbocycles. The molecule has 2 atom stereocenters. The van der Waals surface area contributed by atoms with Crippen LogP contribution in [-0.2, 0) is 4.74 Å². The van der Waals surface area contributed by atoms with Crippen molar-refractivity contribution in [3.8, 4) is 11.5 Å². The minimum Gasteiger partial charge on any atom is -0.497 e. The number of fused-ring (bicyclic) bond motifs is 3. The standard InChI is InChI=1S/C25H21ClN2O4/c1-30-19-10-7-15(8-11-19)21-14-22-20-13-18(26)9-12-23(20)32-24(28(22)27-21)16-3-5-17(6-4-16)25(29)31-2/h3-13,22,24H,14H2,1-2H3/t22-,24-/m1/s1. The Kier molecular flexibility index (Phi) is 5.23. The van der Waals surface area contributed by atoms with Crippen LogP contribution in [0.4, 0.5) is 0 Å². The van der Waals surface area contributed by atoms with E-state index >= 15 is 0 Å². The summed E-state index contributed by atoms with van der Waals surface area (Å²) >= 11 is 6.30. The Morgan fingerprint density at radius 1 is 1.06 bits per heavy atom. The summed E-state index contributed by atoms with van der Waals surface area (Å²) in [6, 6.07) is 20.8. The molecule has 0 aromatic heterocycles. The van der Waals surface area contributed by atoms with Crippen molar-refractivity contribution in [3.63, 3.8) is 0 Å². The van der Waals surface area contributed by atoms with E-state index in [1.54, 1.807) is 19.2 Å². The van der Waals surface area contributed by atoms with Crippen molar-refractivity contribution < 1.29 is 19.0 Å². The molecule has 0 N–H and O–H groups in total. The monoisotopic (exact) mass is 448 g/mol. The fourth-order valence-electron chi connectivity index (χ4n) is 4.14. The average Bonchev–Trinajstić information content (AvgIpc) is 3.29. The zero-order valence-electron chi connectivity index (χ0n) is 17.6. The Balaban J connectivity index is 1.54. The van der Waals surface area contributed by atoms with Gasteiger partial charge in [-0.15, -0.1) is 0 Å². The van der Waals surface area contributed by atoms with Gasteiger partial charge in [-0.1, -0.05) is 23.7 Å². The van der Waals surface area contributed by atoms with Crippen LogP contribution in [0.15, 0.2) is 71.8 Å². The number of benzene rings is 3. The van der Waals surface area contributed by atoms with Gasteiger partial charge in [-0.2, -0.15) is 5.10 Å². The molecule has 32 heavy (non-hydrogen) atoms. The van der Waals surface area contributed by atoms with E-state index in [1.165, 1.54) is 7.11 Å². The van der Waals surface area contributed by atoms with E-state index in [-0.39, 0.29) is 12.0 Å². The molecule has 2 heterocycles. The van der Waals surface area contributed by atoms with E-state index in [4.69, 9.17) is 30.9 Å². The molecule has 5 rings (SSSR count). The van der Waals surface area contributed by atoms with Gasteiger partial charge in [-0.25, -0.2) is 9.80 Å². The highest BCUT2D eigenvalue weighted by Gasteiger charge is 2.41. The zero-order valence-corrected chi connectivity index (χ0v) is 18.4. The first-order valence-corrected chi connectivity index (χ1v) is 10.6. The van der Waals surface area contributed by atoms with Gasteiger partial charge in [0.1, 0.15) is 11.5 Å². The van der Waals surface area contributed by atoms with Crippen molar-refractivity contribution in [3.05, 3.63) is 94.0 Å². The lowest BCUT2D eigenvalue weighted by Gasteiger charge is -2.38. The van der Waals surface area contributed by atoms with Gasteiger partial charge in [0.25, 0.3) is 0 Å².